The van der Waals surface area contributed by atoms with Gasteiger partial charge in [0.25, 0.3) is 0 Å². The molecule has 0 N–H and O–H groups in total. The van der Waals surface area contributed by atoms with Crippen LogP contribution >= 0.6 is 23.1 Å². The smallest absolute Gasteiger partial charge is 0.103 e. The van der Waals surface area contributed by atoms with Crippen LogP contribution in [0.25, 0.3) is 0 Å². The first kappa shape index (κ1) is 10.7. The third kappa shape index (κ3) is 2.61. The maximum atomic E-state index is 4.29. The zero-order valence-corrected chi connectivity index (χ0v) is 10.5. The van der Waals surface area contributed by atoms with Gasteiger partial charge < -0.3 is 0 Å². The van der Waals surface area contributed by atoms with Gasteiger partial charge in [-0.2, -0.15) is 0 Å². The van der Waals surface area contributed by atoms with E-state index < -0.39 is 0 Å². The van der Waals surface area contributed by atoms with E-state index >= 15 is 0 Å². The van der Waals surface area contributed by atoms with E-state index in [0.717, 1.165) is 5.75 Å². The van der Waals surface area contributed by atoms with Gasteiger partial charge in [-0.25, -0.2) is 4.98 Å². The number of aryl methyl sites for hydroxylation is 2. The minimum Gasteiger partial charge on any atom is -0.249 e. The van der Waals surface area contributed by atoms with Gasteiger partial charge in [-0.15, -0.1) is 23.1 Å². The van der Waals surface area contributed by atoms with Crippen molar-refractivity contribution >= 4 is 23.1 Å². The monoisotopic (exact) mass is 235 g/mol. The summed E-state index contributed by atoms with van der Waals surface area (Å²) in [5.41, 5.74) is 2.72. The molecule has 1 aromatic carbocycles. The highest BCUT2D eigenvalue weighted by Gasteiger charge is 2.04. The highest BCUT2D eigenvalue weighted by molar-refractivity contribution is 7.98. The molecule has 0 spiro atoms. The summed E-state index contributed by atoms with van der Waals surface area (Å²) in [5, 5.41) is 3.23. The quantitative estimate of drug-likeness (QED) is 0.744. The molecule has 0 aliphatic carbocycles. The Labute approximate surface area is 98.6 Å². The van der Waals surface area contributed by atoms with Crippen molar-refractivity contribution < 1.29 is 0 Å². The average Bonchev–Trinajstić information content (AvgIpc) is 2.70. The van der Waals surface area contributed by atoms with Crippen molar-refractivity contribution in [2.45, 2.75) is 24.5 Å². The van der Waals surface area contributed by atoms with E-state index in [2.05, 4.69) is 37.0 Å². The fraction of sp³-hybridized carbons (Fsp3) is 0.250. The molecule has 0 saturated heterocycles. The molecule has 15 heavy (non-hydrogen) atoms. The van der Waals surface area contributed by atoms with Crippen LogP contribution in [0.5, 0.6) is 0 Å². The number of thioether (sulfide) groups is 1. The maximum absolute atomic E-state index is 4.29. The Kier molecular flexibility index (Phi) is 3.44. The molecule has 0 atom stereocenters. The van der Waals surface area contributed by atoms with Crippen molar-refractivity contribution in [1.29, 1.82) is 0 Å². The summed E-state index contributed by atoms with van der Waals surface area (Å²) in [5.74, 6) is 0.976. The minimum absolute atomic E-state index is 0.976. The topological polar surface area (TPSA) is 12.9 Å². The first-order chi connectivity index (χ1) is 7.27. The summed E-state index contributed by atoms with van der Waals surface area (Å²) < 4.78 is 0. The lowest BCUT2D eigenvalue weighted by Crippen LogP contribution is -1.85. The Hall–Kier alpha value is -0.800. The Morgan fingerprint density at radius 1 is 1.27 bits per heavy atom. The number of hydrogen-bond donors (Lipinski definition) is 0. The predicted molar refractivity (Wildman–Crippen MR) is 67.6 cm³/mol. The summed E-state index contributed by atoms with van der Waals surface area (Å²) in [6.45, 7) is 4.33. The zero-order chi connectivity index (χ0) is 10.7. The predicted octanol–water partition coefficient (Wildman–Crippen LogP) is 4.05. The van der Waals surface area contributed by atoms with Crippen LogP contribution in [0.15, 0.2) is 34.7 Å². The average molecular weight is 235 g/mol. The summed E-state index contributed by atoms with van der Waals surface area (Å²) in [4.78, 5) is 5.68. The first-order valence-corrected chi connectivity index (χ1v) is 6.71. The third-order valence-electron chi connectivity index (χ3n) is 2.23. The molecule has 0 fully saturated rings. The Morgan fingerprint density at radius 2 is 2.00 bits per heavy atom. The highest BCUT2D eigenvalue weighted by atomic mass is 32.2. The number of hydrogen-bond acceptors (Lipinski definition) is 3. The van der Waals surface area contributed by atoms with Crippen LogP contribution in [-0.2, 0) is 5.75 Å². The van der Waals surface area contributed by atoms with Gasteiger partial charge in [-0.1, -0.05) is 18.2 Å². The molecule has 1 nitrogen and oxygen atoms in total. The molecular formula is C12H13NS2. The number of nitrogens with zero attached hydrogens (tertiary/aromatic N) is 1. The van der Waals surface area contributed by atoms with Crippen molar-refractivity contribution in [2.75, 3.05) is 0 Å². The molecule has 2 rings (SSSR count). The van der Waals surface area contributed by atoms with Gasteiger partial charge in [0.15, 0.2) is 0 Å². The number of thiazole rings is 1. The van der Waals surface area contributed by atoms with Gasteiger partial charge >= 0.3 is 0 Å². The minimum atomic E-state index is 0.976. The van der Waals surface area contributed by atoms with Crippen molar-refractivity contribution in [3.05, 3.63) is 45.9 Å². The van der Waals surface area contributed by atoms with Gasteiger partial charge in [-0.05, 0) is 25.0 Å². The molecule has 0 bridgehead atoms. The van der Waals surface area contributed by atoms with Crippen LogP contribution in [0.2, 0.25) is 0 Å². The van der Waals surface area contributed by atoms with Gasteiger partial charge in [-0.3, -0.25) is 0 Å². The molecular weight excluding hydrogens is 222 g/mol. The van der Waals surface area contributed by atoms with Crippen LogP contribution < -0.4 is 0 Å². The molecule has 0 aliphatic rings. The number of benzene rings is 1. The summed E-state index contributed by atoms with van der Waals surface area (Å²) >= 11 is 3.60. The summed E-state index contributed by atoms with van der Waals surface area (Å²) in [7, 11) is 0. The molecule has 0 unspecified atom stereocenters. The fourth-order valence-corrected chi connectivity index (χ4v) is 3.27. The number of rotatable bonds is 3. The fourth-order valence-electron chi connectivity index (χ4n) is 1.48. The summed E-state index contributed by atoms with van der Waals surface area (Å²) in [6, 6.07) is 6.44. The maximum Gasteiger partial charge on any atom is 0.103 e. The Morgan fingerprint density at radius 3 is 2.60 bits per heavy atom. The molecule has 0 saturated carbocycles. The van der Waals surface area contributed by atoms with Crippen molar-refractivity contribution in [3.63, 3.8) is 0 Å². The van der Waals surface area contributed by atoms with E-state index in [1.165, 1.54) is 21.0 Å². The molecule has 78 valence electrons. The van der Waals surface area contributed by atoms with E-state index in [9.17, 15) is 0 Å². The third-order valence-corrected chi connectivity index (χ3v) is 4.54. The molecule has 3 heteroatoms. The lowest BCUT2D eigenvalue weighted by molar-refractivity contribution is 1.20. The lowest BCUT2D eigenvalue weighted by Gasteiger charge is -2.07. The lowest BCUT2D eigenvalue weighted by atomic mass is 10.2. The number of aromatic nitrogens is 1. The Balaban J connectivity index is 2.11. The van der Waals surface area contributed by atoms with Gasteiger partial charge in [0, 0.05) is 16.5 Å². The molecule has 1 aromatic heterocycles. The normalized spacial score (nSPS) is 10.5. The highest BCUT2D eigenvalue weighted by Crippen LogP contribution is 2.29. The largest absolute Gasteiger partial charge is 0.249 e. The van der Waals surface area contributed by atoms with Crippen molar-refractivity contribution in [2.24, 2.45) is 0 Å². The first-order valence-electron chi connectivity index (χ1n) is 4.85. The second kappa shape index (κ2) is 4.81. The van der Waals surface area contributed by atoms with E-state index in [1.54, 1.807) is 11.3 Å². The molecule has 0 aliphatic heterocycles. The van der Waals surface area contributed by atoms with E-state index in [4.69, 9.17) is 0 Å². The second-order valence-corrected chi connectivity index (χ2v) is 5.40. The molecule has 2 aromatic rings. The van der Waals surface area contributed by atoms with Gasteiger partial charge in [0.1, 0.15) is 5.01 Å². The van der Waals surface area contributed by atoms with E-state index in [-0.39, 0.29) is 0 Å². The van der Waals surface area contributed by atoms with Crippen molar-refractivity contribution in [3.8, 4) is 0 Å². The van der Waals surface area contributed by atoms with Crippen LogP contribution in [0.3, 0.4) is 0 Å². The molecule has 1 heterocycles. The molecule has 0 radical (unpaired) electrons. The van der Waals surface area contributed by atoms with Crippen LogP contribution in [0.1, 0.15) is 16.1 Å². The van der Waals surface area contributed by atoms with Crippen molar-refractivity contribution in [1.82, 2.24) is 4.98 Å². The van der Waals surface area contributed by atoms with E-state index in [1.807, 2.05) is 23.3 Å². The van der Waals surface area contributed by atoms with Crippen LogP contribution in [0, 0.1) is 13.8 Å². The van der Waals surface area contributed by atoms with Crippen LogP contribution in [-0.4, -0.2) is 4.98 Å². The zero-order valence-electron chi connectivity index (χ0n) is 8.86. The SMILES string of the molecule is Cc1cccc(C)c1SCc1nccs1. The Bertz CT molecular complexity index is 415. The standard InChI is InChI=1S/C12H13NS2/c1-9-4-3-5-10(2)12(9)15-8-11-13-6-7-14-11/h3-7H,8H2,1-2H3. The van der Waals surface area contributed by atoms with Gasteiger partial charge in [0.05, 0.1) is 5.75 Å². The molecule has 0 amide bonds. The van der Waals surface area contributed by atoms with Crippen LogP contribution in [0.4, 0.5) is 0 Å². The van der Waals surface area contributed by atoms with E-state index in [0.29, 0.717) is 0 Å². The second-order valence-electron chi connectivity index (χ2n) is 3.44. The summed E-state index contributed by atoms with van der Waals surface area (Å²) in [6.07, 6.45) is 1.87. The van der Waals surface area contributed by atoms with Gasteiger partial charge in [0.2, 0.25) is 0 Å².